The molecule has 2 aromatic carbocycles. The zero-order valence-electron chi connectivity index (χ0n) is 20.5. The van der Waals surface area contributed by atoms with E-state index >= 15 is 0 Å². The molecule has 0 saturated carbocycles. The number of piperazine rings is 1. The number of rotatable bonds is 5. The second-order valence-electron chi connectivity index (χ2n) is 9.24. The molecule has 0 aliphatic carbocycles. The summed E-state index contributed by atoms with van der Waals surface area (Å²) < 4.78 is 45.6. The summed E-state index contributed by atoms with van der Waals surface area (Å²) in [6.07, 6.45) is -4.49. The van der Waals surface area contributed by atoms with Gasteiger partial charge in [-0.25, -0.2) is 0 Å². The van der Waals surface area contributed by atoms with E-state index in [0.29, 0.717) is 45.1 Å². The molecule has 1 N–H and O–H groups in total. The Balaban J connectivity index is 1.45. The molecule has 190 valence electrons. The standard InChI is InChI=1S/C26H33F3N4O2/c1-18-5-4-6-23(19(18)2)32-11-9-31(10-12-32)20(3)25(34)30-22-17-21(26(27,28)29)7-8-24(22)33-13-15-35-16-14-33/h4-8,17,20H,9-16H2,1-3H3,(H,30,34)/t20-/m0/s1. The number of benzene rings is 2. The summed E-state index contributed by atoms with van der Waals surface area (Å²) in [7, 11) is 0. The van der Waals surface area contributed by atoms with E-state index in [1.54, 1.807) is 0 Å². The molecule has 4 rings (SSSR count). The zero-order valence-corrected chi connectivity index (χ0v) is 20.5. The number of hydrogen-bond donors (Lipinski definition) is 1. The fourth-order valence-corrected chi connectivity index (χ4v) is 4.72. The minimum absolute atomic E-state index is 0.188. The molecule has 2 fully saturated rings. The summed E-state index contributed by atoms with van der Waals surface area (Å²) >= 11 is 0. The molecule has 2 saturated heterocycles. The van der Waals surface area contributed by atoms with Crippen molar-refractivity contribution in [1.82, 2.24) is 4.90 Å². The monoisotopic (exact) mass is 490 g/mol. The maximum absolute atomic E-state index is 13.4. The molecular weight excluding hydrogens is 457 g/mol. The third kappa shape index (κ3) is 5.73. The first kappa shape index (κ1) is 25.3. The smallest absolute Gasteiger partial charge is 0.378 e. The van der Waals surface area contributed by atoms with Crippen LogP contribution in [0.25, 0.3) is 0 Å². The highest BCUT2D eigenvalue weighted by Crippen LogP contribution is 2.36. The Bertz CT molecular complexity index is 1050. The molecule has 2 aromatic rings. The maximum atomic E-state index is 13.4. The largest absolute Gasteiger partial charge is 0.416 e. The van der Waals surface area contributed by atoms with Gasteiger partial charge in [0.25, 0.3) is 0 Å². The number of carbonyl (C=O) groups is 1. The van der Waals surface area contributed by atoms with Crippen LogP contribution in [0, 0.1) is 13.8 Å². The Morgan fingerprint density at radius 1 is 0.943 bits per heavy atom. The van der Waals surface area contributed by atoms with Crippen LogP contribution in [0.2, 0.25) is 0 Å². The van der Waals surface area contributed by atoms with Crippen molar-refractivity contribution in [3.8, 4) is 0 Å². The van der Waals surface area contributed by atoms with Crippen molar-refractivity contribution in [1.29, 1.82) is 0 Å². The molecule has 9 heteroatoms. The lowest BCUT2D eigenvalue weighted by Crippen LogP contribution is -2.53. The van der Waals surface area contributed by atoms with Gasteiger partial charge in [0.2, 0.25) is 5.91 Å². The molecule has 2 heterocycles. The number of halogens is 3. The average molecular weight is 491 g/mol. The van der Waals surface area contributed by atoms with Crippen LogP contribution >= 0.6 is 0 Å². The summed E-state index contributed by atoms with van der Waals surface area (Å²) in [5, 5.41) is 2.80. The number of ether oxygens (including phenoxy) is 1. The topological polar surface area (TPSA) is 48.0 Å². The Labute approximate surface area is 204 Å². The molecule has 1 amide bonds. The first-order valence-corrected chi connectivity index (χ1v) is 12.0. The lowest BCUT2D eigenvalue weighted by atomic mass is 10.1. The molecule has 0 unspecified atom stereocenters. The maximum Gasteiger partial charge on any atom is 0.416 e. The van der Waals surface area contributed by atoms with Crippen LogP contribution in [-0.4, -0.2) is 69.3 Å². The molecule has 35 heavy (non-hydrogen) atoms. The molecule has 0 spiro atoms. The van der Waals surface area contributed by atoms with Gasteiger partial charge >= 0.3 is 6.18 Å². The quantitative estimate of drug-likeness (QED) is 0.677. The molecule has 6 nitrogen and oxygen atoms in total. The first-order chi connectivity index (χ1) is 16.6. The van der Waals surface area contributed by atoms with Gasteiger partial charge in [-0.05, 0) is 56.2 Å². The van der Waals surface area contributed by atoms with Gasteiger partial charge in [0.1, 0.15) is 0 Å². The van der Waals surface area contributed by atoms with Crippen LogP contribution in [0.3, 0.4) is 0 Å². The van der Waals surface area contributed by atoms with E-state index < -0.39 is 17.8 Å². The first-order valence-electron chi connectivity index (χ1n) is 12.0. The van der Waals surface area contributed by atoms with Crippen LogP contribution in [0.15, 0.2) is 36.4 Å². The third-order valence-corrected chi connectivity index (χ3v) is 7.09. The van der Waals surface area contributed by atoms with Gasteiger partial charge in [0.15, 0.2) is 0 Å². The van der Waals surface area contributed by atoms with Crippen LogP contribution in [-0.2, 0) is 15.7 Å². The molecule has 0 radical (unpaired) electrons. The number of alkyl halides is 3. The minimum Gasteiger partial charge on any atom is -0.378 e. The van der Waals surface area contributed by atoms with Crippen LogP contribution in [0.5, 0.6) is 0 Å². The van der Waals surface area contributed by atoms with Crippen molar-refractivity contribution in [2.24, 2.45) is 0 Å². The summed E-state index contributed by atoms with van der Waals surface area (Å²) in [4.78, 5) is 19.5. The molecule has 0 aromatic heterocycles. The second kappa shape index (κ2) is 10.5. The number of anilines is 3. The van der Waals surface area contributed by atoms with E-state index in [1.165, 1.54) is 22.9 Å². The number of amides is 1. The highest BCUT2D eigenvalue weighted by atomic mass is 19.4. The van der Waals surface area contributed by atoms with Gasteiger partial charge in [0, 0.05) is 45.0 Å². The second-order valence-corrected chi connectivity index (χ2v) is 9.24. The normalized spacial score (nSPS) is 18.5. The molecule has 2 aliphatic rings. The van der Waals surface area contributed by atoms with Crippen molar-refractivity contribution in [2.75, 3.05) is 67.6 Å². The third-order valence-electron chi connectivity index (χ3n) is 7.09. The summed E-state index contributed by atoms with van der Waals surface area (Å²) in [5.74, 6) is -0.306. The van der Waals surface area contributed by atoms with Gasteiger partial charge in [-0.15, -0.1) is 0 Å². The number of aryl methyl sites for hydroxylation is 1. The Morgan fingerprint density at radius 3 is 2.26 bits per heavy atom. The Hall–Kier alpha value is -2.78. The zero-order chi connectivity index (χ0) is 25.2. The predicted molar refractivity (Wildman–Crippen MR) is 132 cm³/mol. The SMILES string of the molecule is Cc1cccc(N2CCN([C@@H](C)C(=O)Nc3cc(C(F)(F)F)ccc3N3CCOCC3)CC2)c1C. The number of morpholine rings is 1. The van der Waals surface area contributed by atoms with Crippen molar-refractivity contribution >= 4 is 23.0 Å². The number of hydrogen-bond acceptors (Lipinski definition) is 5. The highest BCUT2D eigenvalue weighted by molar-refractivity contribution is 5.97. The molecule has 2 aliphatic heterocycles. The summed E-state index contributed by atoms with van der Waals surface area (Å²) in [6, 6.07) is 9.35. The lowest BCUT2D eigenvalue weighted by molar-refractivity contribution is -0.137. The van der Waals surface area contributed by atoms with E-state index in [2.05, 4.69) is 47.2 Å². The fraction of sp³-hybridized carbons (Fsp3) is 0.500. The van der Waals surface area contributed by atoms with Gasteiger partial charge in [0.05, 0.1) is 36.2 Å². The van der Waals surface area contributed by atoms with Gasteiger partial charge in [-0.3, -0.25) is 9.69 Å². The van der Waals surface area contributed by atoms with E-state index in [4.69, 9.17) is 4.74 Å². The Kier molecular flexibility index (Phi) is 7.56. The van der Waals surface area contributed by atoms with E-state index in [9.17, 15) is 18.0 Å². The van der Waals surface area contributed by atoms with Crippen molar-refractivity contribution < 1.29 is 22.7 Å². The predicted octanol–water partition coefficient (Wildman–Crippen LogP) is 4.31. The Morgan fingerprint density at radius 2 is 1.60 bits per heavy atom. The van der Waals surface area contributed by atoms with Gasteiger partial charge in [-0.2, -0.15) is 13.2 Å². The van der Waals surface area contributed by atoms with Crippen LogP contribution < -0.4 is 15.1 Å². The number of nitrogens with one attached hydrogen (secondary N) is 1. The molecule has 0 bridgehead atoms. The summed E-state index contributed by atoms with van der Waals surface area (Å²) in [5.41, 5.74) is 3.71. The molecule has 1 atom stereocenters. The van der Waals surface area contributed by atoms with Crippen molar-refractivity contribution in [3.05, 3.63) is 53.1 Å². The lowest BCUT2D eigenvalue weighted by Gasteiger charge is -2.39. The van der Waals surface area contributed by atoms with Crippen molar-refractivity contribution in [3.63, 3.8) is 0 Å². The van der Waals surface area contributed by atoms with Crippen LogP contribution in [0.1, 0.15) is 23.6 Å². The van der Waals surface area contributed by atoms with E-state index in [-0.39, 0.29) is 11.6 Å². The fourth-order valence-electron chi connectivity index (χ4n) is 4.72. The van der Waals surface area contributed by atoms with E-state index in [1.807, 2.05) is 11.8 Å². The van der Waals surface area contributed by atoms with Crippen molar-refractivity contribution in [2.45, 2.75) is 33.0 Å². The van der Waals surface area contributed by atoms with Crippen LogP contribution in [0.4, 0.5) is 30.2 Å². The average Bonchev–Trinajstić information content (AvgIpc) is 2.85. The number of carbonyl (C=O) groups excluding carboxylic acids is 1. The van der Waals surface area contributed by atoms with E-state index in [0.717, 1.165) is 25.2 Å². The number of nitrogens with zero attached hydrogens (tertiary/aromatic N) is 3. The summed E-state index contributed by atoms with van der Waals surface area (Å²) in [6.45, 7) is 11.1. The van der Waals surface area contributed by atoms with Gasteiger partial charge < -0.3 is 19.9 Å². The van der Waals surface area contributed by atoms with Gasteiger partial charge in [-0.1, -0.05) is 12.1 Å². The minimum atomic E-state index is -4.49. The molecular formula is C26H33F3N4O2. The highest BCUT2D eigenvalue weighted by Gasteiger charge is 2.33.